The van der Waals surface area contributed by atoms with Gasteiger partial charge in [0.05, 0.1) is 17.8 Å². The van der Waals surface area contributed by atoms with Crippen molar-refractivity contribution in [3.63, 3.8) is 0 Å². The monoisotopic (exact) mass is 450 g/mol. The fourth-order valence-corrected chi connectivity index (χ4v) is 4.81. The van der Waals surface area contributed by atoms with Crippen LogP contribution < -0.4 is 10.2 Å². The summed E-state index contributed by atoms with van der Waals surface area (Å²) in [5.74, 6) is -0.274. The Hall–Kier alpha value is -3.83. The van der Waals surface area contributed by atoms with Crippen molar-refractivity contribution in [2.24, 2.45) is 0 Å². The molecule has 0 spiro atoms. The van der Waals surface area contributed by atoms with E-state index in [1.54, 1.807) is 12.1 Å². The summed E-state index contributed by atoms with van der Waals surface area (Å²) in [6.07, 6.45) is 1.91. The second-order valence-corrected chi connectivity index (χ2v) is 8.65. The van der Waals surface area contributed by atoms with Gasteiger partial charge in [-0.1, -0.05) is 60.7 Å². The molecule has 0 aromatic heterocycles. The van der Waals surface area contributed by atoms with E-state index in [1.165, 1.54) is 11.8 Å². The second kappa shape index (κ2) is 8.96. The van der Waals surface area contributed by atoms with E-state index >= 15 is 0 Å². The van der Waals surface area contributed by atoms with Crippen molar-refractivity contribution in [1.29, 1.82) is 0 Å². The van der Waals surface area contributed by atoms with Crippen LogP contribution in [0.3, 0.4) is 0 Å². The Morgan fingerprint density at radius 3 is 2.30 bits per heavy atom. The molecule has 4 aromatic carbocycles. The van der Waals surface area contributed by atoms with E-state index in [0.717, 1.165) is 33.0 Å². The van der Waals surface area contributed by atoms with Gasteiger partial charge < -0.3 is 10.2 Å². The molecule has 33 heavy (non-hydrogen) atoms. The van der Waals surface area contributed by atoms with Gasteiger partial charge in [0.2, 0.25) is 0 Å². The SMILES string of the molecule is CSc1cc(C(=O)N2Cc3ccccc3-c3ccccc32)ccc1C(=O)Nc1ccccc1. The lowest BCUT2D eigenvalue weighted by Crippen LogP contribution is -2.33. The lowest BCUT2D eigenvalue weighted by atomic mass is 9.93. The van der Waals surface area contributed by atoms with Crippen molar-refractivity contribution < 1.29 is 9.59 Å². The van der Waals surface area contributed by atoms with E-state index in [9.17, 15) is 9.59 Å². The molecule has 0 atom stereocenters. The lowest BCUT2D eigenvalue weighted by molar-refractivity contribution is 0.0981. The topological polar surface area (TPSA) is 49.4 Å². The molecule has 1 N–H and O–H groups in total. The molecule has 0 fully saturated rings. The minimum Gasteiger partial charge on any atom is -0.322 e. The van der Waals surface area contributed by atoms with E-state index in [1.807, 2.05) is 77.9 Å². The van der Waals surface area contributed by atoms with Gasteiger partial charge in [0.1, 0.15) is 0 Å². The number of nitrogens with one attached hydrogen (secondary N) is 1. The summed E-state index contributed by atoms with van der Waals surface area (Å²) in [6.45, 7) is 0.511. The number of nitrogens with zero attached hydrogens (tertiary/aromatic N) is 1. The molecule has 162 valence electrons. The minimum absolute atomic E-state index is 0.0812. The standard InChI is InChI=1S/C28H22N2O2S/c1-33-26-17-19(15-16-24(26)27(31)29-21-10-3-2-4-11-21)28(32)30-18-20-9-5-6-12-22(20)23-13-7-8-14-25(23)30/h2-17H,18H2,1H3,(H,29,31). The number of carbonyl (C=O) groups is 2. The highest BCUT2D eigenvalue weighted by molar-refractivity contribution is 7.98. The molecular formula is C28H22N2O2S. The number of para-hydroxylation sites is 2. The summed E-state index contributed by atoms with van der Waals surface area (Å²) >= 11 is 1.46. The lowest BCUT2D eigenvalue weighted by Gasteiger charge is -2.31. The first-order valence-electron chi connectivity index (χ1n) is 10.7. The zero-order chi connectivity index (χ0) is 22.8. The Morgan fingerprint density at radius 1 is 0.818 bits per heavy atom. The number of carbonyl (C=O) groups excluding carboxylic acids is 2. The molecule has 1 aliphatic heterocycles. The van der Waals surface area contributed by atoms with Crippen molar-refractivity contribution in [1.82, 2.24) is 0 Å². The number of anilines is 2. The van der Waals surface area contributed by atoms with Crippen molar-refractivity contribution in [2.45, 2.75) is 11.4 Å². The average molecular weight is 451 g/mol. The van der Waals surface area contributed by atoms with E-state index < -0.39 is 0 Å². The van der Waals surface area contributed by atoms with Gasteiger partial charge in [-0.3, -0.25) is 9.59 Å². The first-order chi connectivity index (χ1) is 16.2. The maximum absolute atomic E-state index is 13.6. The molecule has 1 aliphatic rings. The average Bonchev–Trinajstić information content (AvgIpc) is 2.88. The Balaban J connectivity index is 1.46. The molecule has 5 rings (SSSR count). The van der Waals surface area contributed by atoms with Gasteiger partial charge in [-0.2, -0.15) is 0 Å². The van der Waals surface area contributed by atoms with E-state index in [0.29, 0.717) is 17.7 Å². The smallest absolute Gasteiger partial charge is 0.258 e. The van der Waals surface area contributed by atoms with Crippen LogP contribution in [0.4, 0.5) is 11.4 Å². The van der Waals surface area contributed by atoms with Gasteiger partial charge in [0.15, 0.2) is 0 Å². The fraction of sp³-hybridized carbons (Fsp3) is 0.0714. The molecule has 4 nitrogen and oxygen atoms in total. The third kappa shape index (κ3) is 4.03. The van der Waals surface area contributed by atoms with Crippen molar-refractivity contribution in [2.75, 3.05) is 16.5 Å². The highest BCUT2D eigenvalue weighted by Gasteiger charge is 2.27. The molecule has 5 heteroatoms. The van der Waals surface area contributed by atoms with Crippen LogP contribution in [0.2, 0.25) is 0 Å². The molecule has 1 heterocycles. The van der Waals surface area contributed by atoms with E-state index in [2.05, 4.69) is 23.5 Å². The molecule has 0 radical (unpaired) electrons. The summed E-state index contributed by atoms with van der Waals surface area (Å²) in [6, 6.07) is 30.8. The van der Waals surface area contributed by atoms with Crippen LogP contribution in [0.1, 0.15) is 26.3 Å². The first kappa shape index (κ1) is 21.0. The fourth-order valence-electron chi connectivity index (χ4n) is 4.18. The van der Waals surface area contributed by atoms with Gasteiger partial charge in [-0.05, 0) is 53.8 Å². The van der Waals surface area contributed by atoms with Gasteiger partial charge in [0.25, 0.3) is 11.8 Å². The van der Waals surface area contributed by atoms with E-state index in [4.69, 9.17) is 0 Å². The highest BCUT2D eigenvalue weighted by Crippen LogP contribution is 2.39. The second-order valence-electron chi connectivity index (χ2n) is 7.80. The van der Waals surface area contributed by atoms with Gasteiger partial charge in [-0.25, -0.2) is 0 Å². The normalized spacial score (nSPS) is 12.0. The third-order valence-electron chi connectivity index (χ3n) is 5.80. The number of thioether (sulfide) groups is 1. The zero-order valence-corrected chi connectivity index (χ0v) is 18.9. The molecule has 0 unspecified atom stereocenters. The van der Waals surface area contributed by atoms with Crippen LogP contribution in [0.25, 0.3) is 11.1 Å². The van der Waals surface area contributed by atoms with Crippen molar-refractivity contribution >= 4 is 35.0 Å². The number of hydrogen-bond donors (Lipinski definition) is 1. The van der Waals surface area contributed by atoms with Crippen LogP contribution in [0, 0.1) is 0 Å². The summed E-state index contributed by atoms with van der Waals surface area (Å²) < 4.78 is 0. The molecular weight excluding hydrogens is 428 g/mol. The quantitative estimate of drug-likeness (QED) is 0.362. The molecule has 0 aliphatic carbocycles. The molecule has 0 saturated carbocycles. The maximum atomic E-state index is 13.6. The highest BCUT2D eigenvalue weighted by atomic mass is 32.2. The molecule has 4 aromatic rings. The minimum atomic E-state index is -0.193. The number of fused-ring (bicyclic) bond motifs is 3. The molecule has 2 amide bonds. The number of benzene rings is 4. The Bertz CT molecular complexity index is 1350. The first-order valence-corrected chi connectivity index (χ1v) is 11.9. The predicted octanol–water partition coefficient (Wildman–Crippen LogP) is 6.49. The summed E-state index contributed by atoms with van der Waals surface area (Å²) in [4.78, 5) is 29.1. The van der Waals surface area contributed by atoms with Crippen LogP contribution in [-0.2, 0) is 6.54 Å². The molecule has 0 bridgehead atoms. The van der Waals surface area contributed by atoms with Gasteiger partial charge in [-0.15, -0.1) is 11.8 Å². The third-order valence-corrected chi connectivity index (χ3v) is 6.58. The van der Waals surface area contributed by atoms with Gasteiger partial charge >= 0.3 is 0 Å². The summed E-state index contributed by atoms with van der Waals surface area (Å²) in [7, 11) is 0. The number of hydrogen-bond acceptors (Lipinski definition) is 3. The Morgan fingerprint density at radius 2 is 1.52 bits per heavy atom. The van der Waals surface area contributed by atoms with Crippen molar-refractivity contribution in [3.8, 4) is 11.1 Å². The van der Waals surface area contributed by atoms with Crippen molar-refractivity contribution in [3.05, 3.63) is 114 Å². The van der Waals surface area contributed by atoms with Gasteiger partial charge in [0, 0.05) is 21.7 Å². The summed E-state index contributed by atoms with van der Waals surface area (Å²) in [5.41, 5.74) is 6.08. The zero-order valence-electron chi connectivity index (χ0n) is 18.1. The number of amides is 2. The largest absolute Gasteiger partial charge is 0.322 e. The maximum Gasteiger partial charge on any atom is 0.258 e. The summed E-state index contributed by atoms with van der Waals surface area (Å²) in [5, 5.41) is 2.92. The Labute approximate surface area is 197 Å². The van der Waals surface area contributed by atoms with Crippen LogP contribution in [0.5, 0.6) is 0 Å². The predicted molar refractivity (Wildman–Crippen MR) is 135 cm³/mol. The molecule has 0 saturated heterocycles. The Kier molecular flexibility index (Phi) is 5.71. The van der Waals surface area contributed by atoms with Crippen LogP contribution >= 0.6 is 11.8 Å². The number of rotatable bonds is 4. The van der Waals surface area contributed by atoms with Crippen LogP contribution in [0.15, 0.2) is 102 Å². The van der Waals surface area contributed by atoms with E-state index in [-0.39, 0.29) is 11.8 Å². The van der Waals surface area contributed by atoms with Crippen LogP contribution in [-0.4, -0.2) is 18.1 Å².